The summed E-state index contributed by atoms with van der Waals surface area (Å²) in [6.07, 6.45) is 4.09. The van der Waals surface area contributed by atoms with Gasteiger partial charge in [-0.2, -0.15) is 0 Å². The Hall–Kier alpha value is -2.33. The molecule has 0 amide bonds. The highest BCUT2D eigenvalue weighted by molar-refractivity contribution is 6.32. The van der Waals surface area contributed by atoms with E-state index >= 15 is 0 Å². The Balaban J connectivity index is 2.23. The fourth-order valence-corrected chi connectivity index (χ4v) is 2.02. The van der Waals surface area contributed by atoms with Crippen LogP contribution in [0, 0.1) is 13.8 Å². The number of rotatable bonds is 4. The Labute approximate surface area is 127 Å². The third-order valence-corrected chi connectivity index (χ3v) is 3.06. The Morgan fingerprint density at radius 2 is 2.10 bits per heavy atom. The molecule has 4 nitrogen and oxygen atoms in total. The van der Waals surface area contributed by atoms with E-state index in [1.165, 1.54) is 6.08 Å². The first-order valence-corrected chi connectivity index (χ1v) is 6.65. The fraction of sp³-hybridized carbons (Fsp3) is 0.125. The van der Waals surface area contributed by atoms with Crippen LogP contribution in [0.3, 0.4) is 0 Å². The molecule has 0 unspecified atom stereocenters. The summed E-state index contributed by atoms with van der Waals surface area (Å²) in [5, 5.41) is 9.12. The number of ether oxygens (including phenoxy) is 1. The minimum absolute atomic E-state index is 0.438. The predicted octanol–water partition coefficient (Wildman–Crippen LogP) is 4.24. The van der Waals surface area contributed by atoms with Crippen LogP contribution in [0.1, 0.15) is 16.7 Å². The molecule has 0 bridgehead atoms. The van der Waals surface area contributed by atoms with Gasteiger partial charge in [-0.25, -0.2) is 9.78 Å². The molecular weight excluding hydrogens is 290 g/mol. The van der Waals surface area contributed by atoms with Crippen molar-refractivity contribution >= 4 is 23.6 Å². The summed E-state index contributed by atoms with van der Waals surface area (Å²) in [7, 11) is 0. The quantitative estimate of drug-likeness (QED) is 0.858. The van der Waals surface area contributed by atoms with Crippen LogP contribution < -0.4 is 4.74 Å². The van der Waals surface area contributed by atoms with Crippen LogP contribution in [0.15, 0.2) is 36.5 Å². The Bertz CT molecular complexity index is 711. The zero-order chi connectivity index (χ0) is 15.4. The maximum absolute atomic E-state index is 10.5. The van der Waals surface area contributed by atoms with Crippen LogP contribution in [0.5, 0.6) is 11.6 Å². The lowest BCUT2D eigenvalue weighted by Gasteiger charge is -2.10. The van der Waals surface area contributed by atoms with Crippen molar-refractivity contribution < 1.29 is 14.6 Å². The van der Waals surface area contributed by atoms with E-state index in [4.69, 9.17) is 21.4 Å². The zero-order valence-electron chi connectivity index (χ0n) is 11.6. The first-order chi connectivity index (χ1) is 9.95. The summed E-state index contributed by atoms with van der Waals surface area (Å²) in [4.78, 5) is 14.7. The predicted molar refractivity (Wildman–Crippen MR) is 81.9 cm³/mol. The first kappa shape index (κ1) is 15.1. The largest absolute Gasteiger partial charge is 0.478 e. The summed E-state index contributed by atoms with van der Waals surface area (Å²) in [5.41, 5.74) is 2.53. The first-order valence-electron chi connectivity index (χ1n) is 6.27. The Kier molecular flexibility index (Phi) is 4.60. The molecule has 0 atom stereocenters. The molecule has 21 heavy (non-hydrogen) atoms. The molecule has 0 spiro atoms. The number of carboxylic acid groups (broad SMARTS) is 1. The van der Waals surface area contributed by atoms with Gasteiger partial charge >= 0.3 is 5.97 Å². The van der Waals surface area contributed by atoms with E-state index < -0.39 is 5.97 Å². The Morgan fingerprint density at radius 3 is 2.71 bits per heavy atom. The topological polar surface area (TPSA) is 59.4 Å². The normalized spacial score (nSPS) is 10.8. The van der Waals surface area contributed by atoms with Crippen molar-refractivity contribution in [3.63, 3.8) is 0 Å². The third kappa shape index (κ3) is 4.07. The lowest BCUT2D eigenvalue weighted by molar-refractivity contribution is -0.131. The molecule has 1 aromatic heterocycles. The molecule has 0 radical (unpaired) electrons. The number of hydrogen-bond donors (Lipinski definition) is 1. The number of carboxylic acids is 1. The molecule has 0 aliphatic carbocycles. The zero-order valence-corrected chi connectivity index (χ0v) is 12.4. The standard InChI is InChI=1S/C16H14ClNO3/c1-10-3-5-14(13(17)7-10)21-16-11(2)8-12(9-18-16)4-6-15(19)20/h3-9H,1-2H3,(H,19,20)/b6-4+. The molecule has 2 rings (SSSR count). The molecule has 0 saturated heterocycles. The van der Waals surface area contributed by atoms with Gasteiger partial charge in [0, 0.05) is 17.8 Å². The van der Waals surface area contributed by atoms with E-state index in [2.05, 4.69) is 4.98 Å². The van der Waals surface area contributed by atoms with Gasteiger partial charge in [-0.05, 0) is 49.2 Å². The monoisotopic (exact) mass is 303 g/mol. The molecule has 0 saturated carbocycles. The number of aryl methyl sites for hydroxylation is 2. The van der Waals surface area contributed by atoms with Crippen LogP contribution in [-0.4, -0.2) is 16.1 Å². The number of pyridine rings is 1. The summed E-state index contributed by atoms with van der Waals surface area (Å²) >= 11 is 6.12. The lowest BCUT2D eigenvalue weighted by atomic mass is 10.2. The van der Waals surface area contributed by atoms with E-state index in [1.54, 1.807) is 18.3 Å². The second kappa shape index (κ2) is 6.41. The Morgan fingerprint density at radius 1 is 1.33 bits per heavy atom. The van der Waals surface area contributed by atoms with Crippen molar-refractivity contribution in [2.75, 3.05) is 0 Å². The van der Waals surface area contributed by atoms with Crippen LogP contribution >= 0.6 is 11.6 Å². The summed E-state index contributed by atoms with van der Waals surface area (Å²) in [5.74, 6) is -0.0284. The van der Waals surface area contributed by atoms with Gasteiger partial charge in [0.25, 0.3) is 0 Å². The minimum Gasteiger partial charge on any atom is -0.478 e. The number of aliphatic carboxylic acids is 1. The summed E-state index contributed by atoms with van der Waals surface area (Å²) in [6.45, 7) is 3.78. The van der Waals surface area contributed by atoms with Crippen molar-refractivity contribution in [2.45, 2.75) is 13.8 Å². The van der Waals surface area contributed by atoms with E-state index in [-0.39, 0.29) is 0 Å². The van der Waals surface area contributed by atoms with Crippen LogP contribution in [0.25, 0.3) is 6.08 Å². The molecule has 5 heteroatoms. The number of benzene rings is 1. The molecule has 0 fully saturated rings. The second-order valence-electron chi connectivity index (χ2n) is 4.60. The molecule has 1 aromatic carbocycles. The lowest BCUT2D eigenvalue weighted by Crippen LogP contribution is -1.93. The minimum atomic E-state index is -1.00. The number of halogens is 1. The molecule has 2 aromatic rings. The average Bonchev–Trinajstić information content (AvgIpc) is 2.42. The average molecular weight is 304 g/mol. The maximum atomic E-state index is 10.5. The van der Waals surface area contributed by atoms with Gasteiger partial charge in [0.2, 0.25) is 5.88 Å². The van der Waals surface area contributed by atoms with E-state index in [1.807, 2.05) is 26.0 Å². The molecule has 108 valence electrons. The van der Waals surface area contributed by atoms with E-state index in [0.29, 0.717) is 22.2 Å². The third-order valence-electron chi connectivity index (χ3n) is 2.76. The van der Waals surface area contributed by atoms with Gasteiger partial charge in [-0.3, -0.25) is 0 Å². The molecule has 1 heterocycles. The summed E-state index contributed by atoms with van der Waals surface area (Å²) in [6, 6.07) is 7.30. The molecule has 1 N–H and O–H groups in total. The SMILES string of the molecule is Cc1ccc(Oc2ncc(/C=C/C(=O)O)cc2C)c(Cl)c1. The molecular formula is C16H14ClNO3. The number of aromatic nitrogens is 1. The molecule has 0 aliphatic rings. The highest BCUT2D eigenvalue weighted by Gasteiger charge is 2.07. The fourth-order valence-electron chi connectivity index (χ4n) is 1.74. The number of carbonyl (C=O) groups is 1. The van der Waals surface area contributed by atoms with Gasteiger partial charge < -0.3 is 9.84 Å². The highest BCUT2D eigenvalue weighted by Crippen LogP contribution is 2.30. The van der Waals surface area contributed by atoms with E-state index in [0.717, 1.165) is 17.2 Å². The van der Waals surface area contributed by atoms with Crippen molar-refractivity contribution in [1.82, 2.24) is 4.98 Å². The smallest absolute Gasteiger partial charge is 0.328 e. The van der Waals surface area contributed by atoms with Crippen LogP contribution in [0.2, 0.25) is 5.02 Å². The van der Waals surface area contributed by atoms with Gasteiger partial charge in [0.05, 0.1) is 5.02 Å². The van der Waals surface area contributed by atoms with E-state index in [9.17, 15) is 4.79 Å². The van der Waals surface area contributed by atoms with Gasteiger partial charge in [-0.1, -0.05) is 17.7 Å². The van der Waals surface area contributed by atoms with Gasteiger partial charge in [0.15, 0.2) is 0 Å². The van der Waals surface area contributed by atoms with Crippen molar-refractivity contribution in [1.29, 1.82) is 0 Å². The van der Waals surface area contributed by atoms with Crippen LogP contribution in [-0.2, 0) is 4.79 Å². The molecule has 0 aliphatic heterocycles. The van der Waals surface area contributed by atoms with Crippen molar-refractivity contribution in [2.24, 2.45) is 0 Å². The number of nitrogens with zero attached hydrogens (tertiary/aromatic N) is 1. The highest BCUT2D eigenvalue weighted by atomic mass is 35.5. The van der Waals surface area contributed by atoms with Crippen molar-refractivity contribution in [3.8, 4) is 11.6 Å². The van der Waals surface area contributed by atoms with Crippen LogP contribution in [0.4, 0.5) is 0 Å². The summed E-state index contributed by atoms with van der Waals surface area (Å²) < 4.78 is 5.69. The van der Waals surface area contributed by atoms with Gasteiger partial charge in [-0.15, -0.1) is 0 Å². The number of hydrogen-bond acceptors (Lipinski definition) is 3. The second-order valence-corrected chi connectivity index (χ2v) is 5.01. The maximum Gasteiger partial charge on any atom is 0.328 e. The van der Waals surface area contributed by atoms with Gasteiger partial charge in [0.1, 0.15) is 5.75 Å². The van der Waals surface area contributed by atoms with Crippen molar-refractivity contribution in [3.05, 3.63) is 58.3 Å².